The lowest BCUT2D eigenvalue weighted by molar-refractivity contribution is 0.147. The van der Waals surface area contributed by atoms with E-state index in [4.69, 9.17) is 4.74 Å². The summed E-state index contributed by atoms with van der Waals surface area (Å²) in [6, 6.07) is 13.9. The first-order valence-electron chi connectivity index (χ1n) is 7.60. The van der Waals surface area contributed by atoms with Crippen LogP contribution in [0.1, 0.15) is 13.8 Å². The third-order valence-corrected chi connectivity index (χ3v) is 3.35. The lowest BCUT2D eigenvalue weighted by Crippen LogP contribution is -2.16. The Morgan fingerprint density at radius 1 is 1.26 bits per heavy atom. The van der Waals surface area contributed by atoms with Crippen LogP contribution in [0.3, 0.4) is 0 Å². The van der Waals surface area contributed by atoms with Gasteiger partial charge in [-0.15, -0.1) is 0 Å². The fourth-order valence-electron chi connectivity index (χ4n) is 2.25. The highest BCUT2D eigenvalue weighted by Gasteiger charge is 2.08. The minimum Gasteiger partial charge on any atom is -0.449 e. The topological polar surface area (TPSA) is 67.0 Å². The van der Waals surface area contributed by atoms with Crippen molar-refractivity contribution in [3.05, 3.63) is 48.7 Å². The molecule has 0 aliphatic rings. The molecule has 2 aromatic heterocycles. The van der Waals surface area contributed by atoms with Crippen LogP contribution in [0.5, 0.6) is 0 Å². The van der Waals surface area contributed by atoms with Crippen molar-refractivity contribution in [2.45, 2.75) is 13.8 Å². The highest BCUT2D eigenvalue weighted by molar-refractivity contribution is 5.90. The quantitative estimate of drug-likeness (QED) is 0.749. The van der Waals surface area contributed by atoms with Gasteiger partial charge in [0.05, 0.1) is 18.5 Å². The minimum atomic E-state index is -0.460. The summed E-state index contributed by atoms with van der Waals surface area (Å²) in [6.07, 6.45) is 1.16. The van der Waals surface area contributed by atoms with Gasteiger partial charge in [0, 0.05) is 11.1 Å². The predicted molar refractivity (Wildman–Crippen MR) is 91.3 cm³/mol. The second-order valence-corrected chi connectivity index (χ2v) is 5.83. The largest absolute Gasteiger partial charge is 0.449 e. The molecule has 23 heavy (non-hydrogen) atoms. The summed E-state index contributed by atoms with van der Waals surface area (Å²) in [7, 11) is 0. The van der Waals surface area contributed by atoms with Gasteiger partial charge in [0.2, 0.25) is 0 Å². The first-order valence-corrected chi connectivity index (χ1v) is 7.60. The molecular formula is C18H19N3O2. The van der Waals surface area contributed by atoms with Crippen molar-refractivity contribution in [2.24, 2.45) is 5.92 Å². The molecule has 3 rings (SSSR count). The number of hydrogen-bond acceptors (Lipinski definition) is 3. The summed E-state index contributed by atoms with van der Waals surface area (Å²) in [5.41, 5.74) is 3.49. The number of carbonyl (C=O) groups is 1. The van der Waals surface area contributed by atoms with E-state index in [0.29, 0.717) is 18.2 Å². The van der Waals surface area contributed by atoms with E-state index in [-0.39, 0.29) is 0 Å². The summed E-state index contributed by atoms with van der Waals surface area (Å²) < 4.78 is 5.11. The van der Waals surface area contributed by atoms with Gasteiger partial charge in [-0.1, -0.05) is 44.2 Å². The number of aromatic nitrogens is 2. The third-order valence-electron chi connectivity index (χ3n) is 3.35. The zero-order valence-electron chi connectivity index (χ0n) is 13.2. The van der Waals surface area contributed by atoms with Crippen LogP contribution in [0.25, 0.3) is 22.3 Å². The first-order chi connectivity index (χ1) is 11.1. The Morgan fingerprint density at radius 2 is 2.04 bits per heavy atom. The first kappa shape index (κ1) is 15.1. The molecule has 0 unspecified atom stereocenters. The van der Waals surface area contributed by atoms with Crippen molar-refractivity contribution in [2.75, 3.05) is 11.9 Å². The Morgan fingerprint density at radius 3 is 2.78 bits per heavy atom. The van der Waals surface area contributed by atoms with Gasteiger partial charge in [-0.2, -0.15) is 0 Å². The number of benzene rings is 1. The lowest BCUT2D eigenvalue weighted by Gasteiger charge is -2.08. The maximum absolute atomic E-state index is 11.7. The molecule has 0 atom stereocenters. The van der Waals surface area contributed by atoms with E-state index in [9.17, 15) is 4.79 Å². The highest BCUT2D eigenvalue weighted by atomic mass is 16.5. The van der Waals surface area contributed by atoms with Gasteiger partial charge in [0.1, 0.15) is 5.65 Å². The molecule has 0 spiro atoms. The highest BCUT2D eigenvalue weighted by Crippen LogP contribution is 2.24. The molecule has 3 aromatic rings. The van der Waals surface area contributed by atoms with Crippen LogP contribution in [0.4, 0.5) is 10.5 Å². The van der Waals surface area contributed by atoms with Gasteiger partial charge in [0.15, 0.2) is 0 Å². The van der Waals surface area contributed by atoms with Crippen LogP contribution in [-0.4, -0.2) is 22.7 Å². The van der Waals surface area contributed by atoms with Crippen LogP contribution in [0.15, 0.2) is 48.7 Å². The van der Waals surface area contributed by atoms with E-state index in [1.165, 1.54) is 0 Å². The van der Waals surface area contributed by atoms with Crippen LogP contribution < -0.4 is 5.32 Å². The third kappa shape index (κ3) is 3.69. The molecule has 2 heterocycles. The molecule has 0 bridgehead atoms. The fourth-order valence-corrected chi connectivity index (χ4v) is 2.25. The second-order valence-electron chi connectivity index (χ2n) is 5.83. The number of rotatable bonds is 4. The van der Waals surface area contributed by atoms with Crippen molar-refractivity contribution in [1.29, 1.82) is 0 Å². The average molecular weight is 309 g/mol. The maximum Gasteiger partial charge on any atom is 0.411 e. The van der Waals surface area contributed by atoms with E-state index in [0.717, 1.165) is 22.3 Å². The molecule has 0 saturated heterocycles. The smallest absolute Gasteiger partial charge is 0.411 e. The van der Waals surface area contributed by atoms with E-state index < -0.39 is 6.09 Å². The van der Waals surface area contributed by atoms with Crippen LogP contribution in [-0.2, 0) is 4.74 Å². The van der Waals surface area contributed by atoms with Crippen LogP contribution >= 0.6 is 0 Å². The monoisotopic (exact) mass is 309 g/mol. The Kier molecular flexibility index (Phi) is 4.28. The van der Waals surface area contributed by atoms with Crippen LogP contribution in [0.2, 0.25) is 0 Å². The van der Waals surface area contributed by atoms with E-state index in [2.05, 4.69) is 15.3 Å². The van der Waals surface area contributed by atoms with E-state index in [1.54, 1.807) is 6.20 Å². The van der Waals surface area contributed by atoms with Crippen molar-refractivity contribution >= 4 is 22.8 Å². The number of fused-ring (bicyclic) bond motifs is 1. The van der Waals surface area contributed by atoms with Crippen LogP contribution in [0, 0.1) is 5.92 Å². The summed E-state index contributed by atoms with van der Waals surface area (Å²) >= 11 is 0. The van der Waals surface area contributed by atoms with Gasteiger partial charge in [-0.3, -0.25) is 5.32 Å². The number of H-pyrrole nitrogens is 1. The number of anilines is 1. The minimum absolute atomic E-state index is 0.305. The van der Waals surface area contributed by atoms with Gasteiger partial charge >= 0.3 is 6.09 Å². The van der Waals surface area contributed by atoms with Gasteiger partial charge < -0.3 is 9.72 Å². The molecule has 0 radical (unpaired) electrons. The van der Waals surface area contributed by atoms with Gasteiger partial charge in [-0.25, -0.2) is 9.78 Å². The number of hydrogen-bond donors (Lipinski definition) is 2. The molecule has 5 heteroatoms. The number of carbonyl (C=O) groups excluding carboxylic acids is 1. The van der Waals surface area contributed by atoms with E-state index >= 15 is 0 Å². The van der Waals surface area contributed by atoms with Crippen molar-refractivity contribution in [3.8, 4) is 11.3 Å². The van der Waals surface area contributed by atoms with Crippen molar-refractivity contribution < 1.29 is 9.53 Å². The lowest BCUT2D eigenvalue weighted by atomic mass is 10.1. The molecule has 1 aromatic carbocycles. The predicted octanol–water partition coefficient (Wildman–Crippen LogP) is 4.43. The Balaban J connectivity index is 1.78. The average Bonchev–Trinajstić information content (AvgIpc) is 2.97. The fraction of sp³-hybridized carbons (Fsp3) is 0.222. The number of amides is 1. The molecule has 5 nitrogen and oxygen atoms in total. The summed E-state index contributed by atoms with van der Waals surface area (Å²) in [5.74, 6) is 0.305. The number of pyridine rings is 1. The molecule has 2 N–H and O–H groups in total. The van der Waals surface area contributed by atoms with Crippen molar-refractivity contribution in [1.82, 2.24) is 9.97 Å². The summed E-state index contributed by atoms with van der Waals surface area (Å²) in [6.45, 7) is 4.38. The van der Waals surface area contributed by atoms with Crippen molar-refractivity contribution in [3.63, 3.8) is 0 Å². The molecule has 0 aliphatic carbocycles. The number of ether oxygens (including phenoxy) is 1. The summed E-state index contributed by atoms with van der Waals surface area (Å²) in [4.78, 5) is 19.3. The number of nitrogens with zero attached hydrogens (tertiary/aromatic N) is 1. The summed E-state index contributed by atoms with van der Waals surface area (Å²) in [5, 5.41) is 3.64. The molecular weight excluding hydrogens is 290 g/mol. The number of aromatic amines is 1. The Hall–Kier alpha value is -2.82. The SMILES string of the molecule is CC(C)COC(=O)Nc1cnc2[nH]c(-c3ccccc3)cc2c1. The standard InChI is InChI=1S/C18H19N3O2/c1-12(2)11-23-18(22)20-15-8-14-9-16(21-17(14)19-10-15)13-6-4-3-5-7-13/h3-10,12H,11H2,1-2H3,(H,19,21)(H,20,22). The second kappa shape index (κ2) is 6.52. The Labute approximate surface area is 134 Å². The molecule has 0 saturated carbocycles. The molecule has 0 aliphatic heterocycles. The van der Waals surface area contributed by atoms with Gasteiger partial charge in [-0.05, 0) is 23.6 Å². The molecule has 118 valence electrons. The zero-order chi connectivity index (χ0) is 16.2. The maximum atomic E-state index is 11.7. The van der Waals surface area contributed by atoms with Gasteiger partial charge in [0.25, 0.3) is 0 Å². The normalized spacial score (nSPS) is 10.9. The molecule has 0 fully saturated rings. The zero-order valence-corrected chi connectivity index (χ0v) is 13.2. The number of nitrogens with one attached hydrogen (secondary N) is 2. The Bertz CT molecular complexity index is 810. The molecule has 1 amide bonds. The van der Waals surface area contributed by atoms with E-state index in [1.807, 2.05) is 56.3 Å².